The number of carbonyl (C=O) groups is 1. The van der Waals surface area contributed by atoms with Gasteiger partial charge in [-0.15, -0.1) is 5.10 Å². The number of aliphatic hydroxyl groups excluding tert-OH is 1. The number of aliphatic hydroxyl groups is 1. The zero-order valence-electron chi connectivity index (χ0n) is 27.8. The van der Waals surface area contributed by atoms with Crippen molar-refractivity contribution in [2.45, 2.75) is 65.8 Å². The van der Waals surface area contributed by atoms with Crippen LogP contribution in [0.2, 0.25) is 0 Å². The summed E-state index contributed by atoms with van der Waals surface area (Å²) in [4.78, 5) is 12.9. The molecule has 1 aliphatic heterocycles. The van der Waals surface area contributed by atoms with Gasteiger partial charge in [-0.05, 0) is 84.8 Å². The number of nitrogens with zero attached hydrogens (tertiary/aromatic N) is 4. The Morgan fingerprint density at radius 3 is 2.63 bits per heavy atom. The number of aromatic nitrogens is 3. The molecule has 49 heavy (non-hydrogen) atoms. The highest BCUT2D eigenvalue weighted by atomic mass is 32.2. The quantitative estimate of drug-likeness (QED) is 0.154. The summed E-state index contributed by atoms with van der Waals surface area (Å²) in [6.07, 6.45) is 0.648. The Bertz CT molecular complexity index is 2060. The molecular weight excluding hydrogens is 644 g/mol. The standard InChI is InChI=1S/C37H40N4O7S/c1-4-46-36(43)21-33(32-14-15-34-37(26(32)3)38-39-41(34)17-8-18-42)28-12-11-25(2)29(19-28)22-40-23-30-20-31(13-16-35(30)48-49(40,44)45)47-24-27-9-6-5-7-10-27/h5-7,9-16,19-20,33,42H,4,8,17-18,21-24H2,1-3H3. The predicted molar refractivity (Wildman–Crippen MR) is 184 cm³/mol. The summed E-state index contributed by atoms with van der Waals surface area (Å²) in [6.45, 7) is 7.08. The van der Waals surface area contributed by atoms with E-state index in [1.165, 1.54) is 4.31 Å². The number of benzene rings is 4. The maximum absolute atomic E-state index is 13.3. The van der Waals surface area contributed by atoms with Gasteiger partial charge in [-0.25, -0.2) is 4.68 Å². The summed E-state index contributed by atoms with van der Waals surface area (Å²) >= 11 is 0. The van der Waals surface area contributed by atoms with Gasteiger partial charge in [0.05, 0.1) is 18.5 Å². The molecule has 0 bridgehead atoms. The van der Waals surface area contributed by atoms with E-state index in [1.54, 1.807) is 23.7 Å². The normalized spacial score (nSPS) is 14.6. The minimum atomic E-state index is -4.08. The summed E-state index contributed by atoms with van der Waals surface area (Å²) in [5.74, 6) is 0.174. The molecule has 1 aromatic heterocycles. The maximum atomic E-state index is 13.3. The lowest BCUT2D eigenvalue weighted by Crippen LogP contribution is -2.37. The van der Waals surface area contributed by atoms with Crippen molar-refractivity contribution in [3.63, 3.8) is 0 Å². The molecule has 0 saturated heterocycles. The van der Waals surface area contributed by atoms with Crippen LogP contribution in [-0.2, 0) is 46.1 Å². The van der Waals surface area contributed by atoms with E-state index in [2.05, 4.69) is 10.3 Å². The molecule has 1 aliphatic rings. The first-order valence-corrected chi connectivity index (χ1v) is 17.7. The minimum Gasteiger partial charge on any atom is -0.489 e. The van der Waals surface area contributed by atoms with Gasteiger partial charge in [0.15, 0.2) is 0 Å². The molecule has 2 heterocycles. The highest BCUT2D eigenvalue weighted by molar-refractivity contribution is 7.84. The van der Waals surface area contributed by atoms with Crippen molar-refractivity contribution in [3.05, 3.63) is 118 Å². The summed E-state index contributed by atoms with van der Waals surface area (Å²) < 4.78 is 46.6. The Hall–Kier alpha value is -4.78. The smallest absolute Gasteiger partial charge is 0.385 e. The van der Waals surface area contributed by atoms with Crippen molar-refractivity contribution in [1.82, 2.24) is 19.3 Å². The van der Waals surface area contributed by atoms with E-state index in [4.69, 9.17) is 13.7 Å². The predicted octanol–water partition coefficient (Wildman–Crippen LogP) is 5.73. The lowest BCUT2D eigenvalue weighted by Gasteiger charge is -2.29. The molecule has 1 unspecified atom stereocenters. The second kappa shape index (κ2) is 14.8. The molecule has 0 aliphatic carbocycles. The van der Waals surface area contributed by atoms with Crippen LogP contribution < -0.4 is 8.92 Å². The third-order valence-electron chi connectivity index (χ3n) is 8.82. The van der Waals surface area contributed by atoms with E-state index < -0.39 is 10.3 Å². The van der Waals surface area contributed by atoms with Crippen LogP contribution in [0.15, 0.2) is 78.9 Å². The first-order chi connectivity index (χ1) is 23.7. The average molecular weight is 685 g/mol. The number of ether oxygens (including phenoxy) is 2. The fourth-order valence-corrected chi connectivity index (χ4v) is 7.26. The minimum absolute atomic E-state index is 0.0529. The van der Waals surface area contributed by atoms with Crippen molar-refractivity contribution >= 4 is 27.3 Å². The fourth-order valence-electron chi connectivity index (χ4n) is 6.17. The van der Waals surface area contributed by atoms with Gasteiger partial charge in [0, 0.05) is 37.7 Å². The van der Waals surface area contributed by atoms with Crippen LogP contribution in [0.4, 0.5) is 0 Å². The highest BCUT2D eigenvalue weighted by Crippen LogP contribution is 2.37. The number of hydrogen-bond acceptors (Lipinski definition) is 9. The lowest BCUT2D eigenvalue weighted by molar-refractivity contribution is -0.143. The first kappa shape index (κ1) is 34.1. The monoisotopic (exact) mass is 684 g/mol. The van der Waals surface area contributed by atoms with Crippen molar-refractivity contribution in [1.29, 1.82) is 0 Å². The van der Waals surface area contributed by atoms with Gasteiger partial charge in [-0.2, -0.15) is 12.7 Å². The van der Waals surface area contributed by atoms with Gasteiger partial charge >= 0.3 is 16.3 Å². The fraction of sp³-hybridized carbons (Fsp3) is 0.324. The van der Waals surface area contributed by atoms with Crippen LogP contribution in [0.5, 0.6) is 11.5 Å². The van der Waals surface area contributed by atoms with Crippen LogP contribution in [-0.4, -0.2) is 52.0 Å². The van der Waals surface area contributed by atoms with Crippen molar-refractivity contribution in [2.75, 3.05) is 13.2 Å². The number of esters is 1. The summed E-state index contributed by atoms with van der Waals surface area (Å²) in [5, 5.41) is 18.0. The molecule has 1 N–H and O–H groups in total. The molecule has 1 atom stereocenters. The average Bonchev–Trinajstić information content (AvgIpc) is 3.51. The largest absolute Gasteiger partial charge is 0.489 e. The van der Waals surface area contributed by atoms with Crippen LogP contribution >= 0.6 is 0 Å². The molecule has 6 rings (SSSR count). The van der Waals surface area contributed by atoms with Crippen molar-refractivity contribution in [2.24, 2.45) is 0 Å². The van der Waals surface area contributed by atoms with Crippen LogP contribution in [0.1, 0.15) is 64.6 Å². The molecule has 0 fully saturated rings. The molecule has 0 radical (unpaired) electrons. The van der Waals surface area contributed by atoms with Gasteiger partial charge in [0.2, 0.25) is 0 Å². The summed E-state index contributed by atoms with van der Waals surface area (Å²) in [7, 11) is -4.08. The first-order valence-electron chi connectivity index (χ1n) is 16.3. The van der Waals surface area contributed by atoms with Crippen LogP contribution in [0.3, 0.4) is 0 Å². The Morgan fingerprint density at radius 2 is 1.86 bits per heavy atom. The molecule has 256 valence electrons. The number of hydrogen-bond donors (Lipinski definition) is 1. The Kier molecular flexibility index (Phi) is 10.3. The van der Waals surface area contributed by atoms with E-state index >= 15 is 0 Å². The summed E-state index contributed by atoms with van der Waals surface area (Å²) in [5.41, 5.74) is 7.61. The van der Waals surface area contributed by atoms with Gasteiger partial charge in [0.1, 0.15) is 23.6 Å². The Morgan fingerprint density at radius 1 is 1.04 bits per heavy atom. The SMILES string of the molecule is CCOC(=O)CC(c1ccc(C)c(CN2Cc3cc(OCc4ccccc4)ccc3OS2(=O)=O)c1)c1ccc2c(nnn2CCCO)c1C. The maximum Gasteiger partial charge on any atom is 0.385 e. The number of rotatable bonds is 13. The van der Waals surface area contributed by atoms with Crippen LogP contribution in [0, 0.1) is 13.8 Å². The molecule has 4 aromatic carbocycles. The second-order valence-corrected chi connectivity index (χ2v) is 13.7. The van der Waals surface area contributed by atoms with Gasteiger partial charge < -0.3 is 18.8 Å². The summed E-state index contributed by atoms with van der Waals surface area (Å²) in [6, 6.07) is 24.8. The van der Waals surface area contributed by atoms with E-state index in [0.717, 1.165) is 44.4 Å². The lowest BCUT2D eigenvalue weighted by atomic mass is 9.84. The third-order valence-corrected chi connectivity index (χ3v) is 10.1. The second-order valence-electron chi connectivity index (χ2n) is 12.1. The zero-order chi connectivity index (χ0) is 34.5. The number of fused-ring (bicyclic) bond motifs is 2. The topological polar surface area (TPSA) is 133 Å². The molecular formula is C37H40N4O7S. The molecule has 5 aromatic rings. The van der Waals surface area contributed by atoms with Gasteiger partial charge in [-0.3, -0.25) is 4.79 Å². The third kappa shape index (κ3) is 7.61. The van der Waals surface area contributed by atoms with E-state index in [1.807, 2.05) is 80.6 Å². The molecule has 0 spiro atoms. The number of aryl methyl sites for hydroxylation is 3. The molecule has 11 nitrogen and oxygen atoms in total. The Balaban J connectivity index is 1.29. The van der Waals surface area contributed by atoms with Crippen molar-refractivity contribution < 1.29 is 32.0 Å². The van der Waals surface area contributed by atoms with E-state index in [9.17, 15) is 18.3 Å². The molecule has 0 amide bonds. The van der Waals surface area contributed by atoms with Gasteiger partial charge in [-0.1, -0.05) is 59.8 Å². The number of carbonyl (C=O) groups excluding carboxylic acids is 1. The van der Waals surface area contributed by atoms with E-state index in [-0.39, 0.29) is 50.4 Å². The molecule has 12 heteroatoms. The highest BCUT2D eigenvalue weighted by Gasteiger charge is 2.33. The van der Waals surface area contributed by atoms with Gasteiger partial charge in [0.25, 0.3) is 0 Å². The van der Waals surface area contributed by atoms with Crippen molar-refractivity contribution in [3.8, 4) is 11.5 Å². The van der Waals surface area contributed by atoms with E-state index in [0.29, 0.717) is 30.9 Å². The van der Waals surface area contributed by atoms with Crippen LogP contribution in [0.25, 0.3) is 11.0 Å². The Labute approximate surface area is 286 Å². The molecule has 0 saturated carbocycles. The zero-order valence-corrected chi connectivity index (χ0v) is 28.7.